The zero-order chi connectivity index (χ0) is 19.6. The first-order valence-corrected chi connectivity index (χ1v) is 9.47. The van der Waals surface area contributed by atoms with E-state index in [0.717, 1.165) is 0 Å². The van der Waals surface area contributed by atoms with Gasteiger partial charge in [-0.1, -0.05) is 0 Å². The van der Waals surface area contributed by atoms with Crippen LogP contribution in [0.3, 0.4) is 0 Å². The van der Waals surface area contributed by atoms with Crippen LogP contribution in [-0.4, -0.2) is 77.9 Å². The summed E-state index contributed by atoms with van der Waals surface area (Å²) in [6.07, 6.45) is -0.926. The average Bonchev–Trinajstić information content (AvgIpc) is 3.22. The maximum atomic E-state index is 11.8. The Bertz CT molecular complexity index is 834. The minimum Gasteiger partial charge on any atom is -0.394 e. The van der Waals surface area contributed by atoms with E-state index in [1.807, 2.05) is 0 Å². The van der Waals surface area contributed by atoms with Gasteiger partial charge in [0.2, 0.25) is 0 Å². The molecule has 3 heterocycles. The maximum Gasteiger partial charge on any atom is 0.472 e. The third-order valence-corrected chi connectivity index (χ3v) is 4.89. The summed E-state index contributed by atoms with van der Waals surface area (Å²) < 4.78 is 28.3. The molecule has 13 nitrogen and oxygen atoms in total. The Morgan fingerprint density at radius 3 is 2.93 bits per heavy atom. The fraction of sp³-hybridized carbons (Fsp3) is 0.615. The average molecular weight is 405 g/mol. The lowest BCUT2D eigenvalue weighted by Crippen LogP contribution is -2.26. The molecule has 0 amide bonds. The minimum absolute atomic E-state index is 0.170. The quantitative estimate of drug-likeness (QED) is 0.321. The monoisotopic (exact) mass is 405 g/mol. The number of imidazole rings is 1. The molecule has 0 bridgehead atoms. The molecule has 150 valence electrons. The Kier molecular flexibility index (Phi) is 6.03. The van der Waals surface area contributed by atoms with E-state index in [1.165, 1.54) is 12.7 Å². The molecule has 5 atom stereocenters. The van der Waals surface area contributed by atoms with Gasteiger partial charge in [-0.25, -0.2) is 19.5 Å². The van der Waals surface area contributed by atoms with Crippen molar-refractivity contribution in [1.29, 1.82) is 0 Å². The van der Waals surface area contributed by atoms with Gasteiger partial charge in [-0.3, -0.25) is 13.6 Å². The molecule has 0 aliphatic carbocycles. The lowest BCUT2D eigenvalue weighted by Gasteiger charge is -2.18. The number of fused-ring (bicyclic) bond motifs is 1. The van der Waals surface area contributed by atoms with Crippen LogP contribution in [0.5, 0.6) is 0 Å². The van der Waals surface area contributed by atoms with Crippen molar-refractivity contribution in [1.82, 2.24) is 19.5 Å². The van der Waals surface area contributed by atoms with Crippen molar-refractivity contribution in [2.24, 2.45) is 0 Å². The van der Waals surface area contributed by atoms with E-state index < -0.39 is 52.2 Å². The molecule has 6 N–H and O–H groups in total. The highest BCUT2D eigenvalue weighted by atomic mass is 31.2. The number of rotatable bonds is 8. The van der Waals surface area contributed by atoms with Crippen molar-refractivity contribution in [3.63, 3.8) is 0 Å². The van der Waals surface area contributed by atoms with Crippen LogP contribution < -0.4 is 5.73 Å². The van der Waals surface area contributed by atoms with Gasteiger partial charge in [0.05, 0.1) is 32.3 Å². The summed E-state index contributed by atoms with van der Waals surface area (Å²) in [6.45, 7) is -1.63. The molecule has 0 radical (unpaired) electrons. The number of aliphatic hydroxyl groups excluding tert-OH is 3. The van der Waals surface area contributed by atoms with Crippen LogP contribution in [0.25, 0.3) is 11.2 Å². The van der Waals surface area contributed by atoms with Gasteiger partial charge in [0.25, 0.3) is 0 Å². The molecule has 1 saturated heterocycles. The number of phosphoric acid groups is 1. The molecule has 14 heteroatoms. The maximum absolute atomic E-state index is 11.8. The van der Waals surface area contributed by atoms with E-state index in [9.17, 15) is 14.6 Å². The highest BCUT2D eigenvalue weighted by Gasteiger charge is 2.38. The second-order valence-corrected chi connectivity index (χ2v) is 7.37. The number of hydrogen-bond donors (Lipinski definition) is 5. The van der Waals surface area contributed by atoms with E-state index in [2.05, 4.69) is 19.5 Å². The van der Waals surface area contributed by atoms with Crippen molar-refractivity contribution >= 4 is 24.8 Å². The SMILES string of the molecule is Nc1ncnc2c1ncn2[C@H]1CC(O)[C@@H](COP(=O)(O)OCC(O)CO)O1. The summed E-state index contributed by atoms with van der Waals surface area (Å²) in [6, 6.07) is 0. The van der Waals surface area contributed by atoms with Gasteiger partial charge >= 0.3 is 7.82 Å². The molecule has 0 spiro atoms. The number of ether oxygens (including phenoxy) is 1. The van der Waals surface area contributed by atoms with Crippen molar-refractivity contribution in [2.45, 2.75) is 31.0 Å². The summed E-state index contributed by atoms with van der Waals surface area (Å²) >= 11 is 0. The third-order valence-electron chi connectivity index (χ3n) is 3.94. The largest absolute Gasteiger partial charge is 0.472 e. The van der Waals surface area contributed by atoms with E-state index in [4.69, 9.17) is 25.2 Å². The molecule has 1 aliphatic rings. The number of nitrogen functional groups attached to an aromatic ring is 1. The van der Waals surface area contributed by atoms with Crippen LogP contribution in [0.15, 0.2) is 12.7 Å². The lowest BCUT2D eigenvalue weighted by molar-refractivity contribution is -0.0458. The Labute approximate surface area is 153 Å². The summed E-state index contributed by atoms with van der Waals surface area (Å²) in [5, 5.41) is 28.0. The van der Waals surface area contributed by atoms with Gasteiger partial charge in [-0.15, -0.1) is 0 Å². The van der Waals surface area contributed by atoms with Crippen LogP contribution in [-0.2, 0) is 18.3 Å². The number of anilines is 1. The zero-order valence-electron chi connectivity index (χ0n) is 14.0. The molecule has 2 aromatic heterocycles. The van der Waals surface area contributed by atoms with Gasteiger partial charge < -0.3 is 30.7 Å². The number of hydrogen-bond acceptors (Lipinski definition) is 11. The molecule has 2 aromatic rings. The second-order valence-electron chi connectivity index (χ2n) is 5.91. The number of aliphatic hydroxyl groups is 3. The van der Waals surface area contributed by atoms with Crippen LogP contribution in [0.4, 0.5) is 5.82 Å². The summed E-state index contributed by atoms with van der Waals surface area (Å²) in [5.74, 6) is 0.209. The highest BCUT2D eigenvalue weighted by molar-refractivity contribution is 7.47. The molecule has 0 saturated carbocycles. The van der Waals surface area contributed by atoms with Crippen LogP contribution in [0, 0.1) is 0 Å². The van der Waals surface area contributed by atoms with Gasteiger partial charge in [-0.2, -0.15) is 0 Å². The Morgan fingerprint density at radius 2 is 2.19 bits per heavy atom. The summed E-state index contributed by atoms with van der Waals surface area (Å²) in [4.78, 5) is 21.6. The van der Waals surface area contributed by atoms with Crippen molar-refractivity contribution in [2.75, 3.05) is 25.6 Å². The third kappa shape index (κ3) is 4.59. The molecule has 1 fully saturated rings. The molecular formula is C13H20N5O8P. The van der Waals surface area contributed by atoms with Gasteiger partial charge in [0.1, 0.15) is 30.3 Å². The number of nitrogens with two attached hydrogens (primary N) is 1. The van der Waals surface area contributed by atoms with Crippen LogP contribution >= 0.6 is 7.82 Å². The van der Waals surface area contributed by atoms with Crippen molar-refractivity contribution in [3.8, 4) is 0 Å². The standard InChI is InChI=1S/C13H20N5O8P/c14-12-11-13(16-5-15-12)18(6-17-11)10-1-8(21)9(26-10)4-25-27(22,23)24-3-7(20)2-19/h5-10,19-21H,1-4H2,(H,22,23)(H2,14,15,16)/t7?,8?,9-,10-/m1/s1. The Balaban J connectivity index is 1.61. The van der Waals surface area contributed by atoms with E-state index in [0.29, 0.717) is 11.2 Å². The normalized spacial score (nSPS) is 26.3. The number of nitrogens with zero attached hydrogens (tertiary/aromatic N) is 4. The first-order valence-electron chi connectivity index (χ1n) is 7.98. The number of phosphoric ester groups is 1. The lowest BCUT2D eigenvalue weighted by atomic mass is 10.2. The van der Waals surface area contributed by atoms with E-state index >= 15 is 0 Å². The van der Waals surface area contributed by atoms with Crippen LogP contribution in [0.2, 0.25) is 0 Å². The van der Waals surface area contributed by atoms with Crippen LogP contribution in [0.1, 0.15) is 12.6 Å². The summed E-state index contributed by atoms with van der Waals surface area (Å²) in [5.41, 5.74) is 6.56. The van der Waals surface area contributed by atoms with Crippen molar-refractivity contribution in [3.05, 3.63) is 12.7 Å². The minimum atomic E-state index is -4.48. The number of aromatic nitrogens is 4. The predicted molar refractivity (Wildman–Crippen MR) is 89.1 cm³/mol. The Morgan fingerprint density at radius 1 is 1.41 bits per heavy atom. The smallest absolute Gasteiger partial charge is 0.394 e. The molecular weight excluding hydrogens is 385 g/mol. The molecule has 3 unspecified atom stereocenters. The summed E-state index contributed by atoms with van der Waals surface area (Å²) in [7, 11) is -4.48. The van der Waals surface area contributed by atoms with Crippen molar-refractivity contribution < 1.29 is 38.6 Å². The zero-order valence-corrected chi connectivity index (χ0v) is 14.9. The fourth-order valence-corrected chi connectivity index (χ4v) is 3.32. The fourth-order valence-electron chi connectivity index (χ4n) is 2.55. The van der Waals surface area contributed by atoms with Gasteiger partial charge in [0.15, 0.2) is 11.5 Å². The molecule has 0 aromatic carbocycles. The first-order chi connectivity index (χ1) is 12.8. The molecule has 27 heavy (non-hydrogen) atoms. The van der Waals surface area contributed by atoms with E-state index in [-0.39, 0.29) is 12.2 Å². The Hall–Kier alpha value is -1.70. The molecule has 3 rings (SSSR count). The van der Waals surface area contributed by atoms with E-state index in [1.54, 1.807) is 4.57 Å². The topological polar surface area (TPSA) is 195 Å². The second kappa shape index (κ2) is 8.12. The first kappa shape index (κ1) is 20.0. The highest BCUT2D eigenvalue weighted by Crippen LogP contribution is 2.44. The predicted octanol–water partition coefficient (Wildman–Crippen LogP) is -1.46. The van der Waals surface area contributed by atoms with Gasteiger partial charge in [-0.05, 0) is 0 Å². The molecule has 1 aliphatic heterocycles. The van der Waals surface area contributed by atoms with Gasteiger partial charge in [0, 0.05) is 6.42 Å².